The highest BCUT2D eigenvalue weighted by atomic mass is 79.9. The molecule has 4 aromatic heterocycles. The molecular weight excluding hydrogens is 2030 g/mol. The zero-order valence-electron chi connectivity index (χ0n) is 73.8. The van der Waals surface area contributed by atoms with E-state index in [1.807, 2.05) is 50.1 Å². The number of nitriles is 3. The number of alkyl halides is 2. The first-order valence-corrected chi connectivity index (χ1v) is 46.5. The second kappa shape index (κ2) is 57.8. The van der Waals surface area contributed by atoms with E-state index in [9.17, 15) is 32.2 Å². The predicted octanol–water partition coefficient (Wildman–Crippen LogP) is 19.7. The molecule has 33 heteroatoms. The van der Waals surface area contributed by atoms with E-state index >= 15 is 0 Å². The molecule has 8 heterocycles. The number of piperazine rings is 3. The molecule has 0 radical (unpaired) electrons. The van der Waals surface area contributed by atoms with Gasteiger partial charge in [-0.1, -0.05) is 114 Å². The lowest BCUT2D eigenvalue weighted by Gasteiger charge is -2.45. The van der Waals surface area contributed by atoms with E-state index in [0.717, 1.165) is 129 Å². The van der Waals surface area contributed by atoms with Gasteiger partial charge in [-0.25, -0.2) is 17.6 Å². The minimum atomic E-state index is -1.00. The average molecular weight is 2140 g/mol. The van der Waals surface area contributed by atoms with Crippen LogP contribution in [0.15, 0.2) is 235 Å². The van der Waals surface area contributed by atoms with Crippen LogP contribution in [0, 0.1) is 69.1 Å². The summed E-state index contributed by atoms with van der Waals surface area (Å²) in [4.78, 5) is 28.2. The number of aliphatic hydroxyl groups is 3. The van der Waals surface area contributed by atoms with Crippen molar-refractivity contribution in [3.63, 3.8) is 0 Å². The number of hydrogen-bond acceptors (Lipinski definition) is 20. The Balaban J connectivity index is 0.000000227. The summed E-state index contributed by atoms with van der Waals surface area (Å²) in [7, 11) is -1.53. The van der Waals surface area contributed by atoms with E-state index < -0.39 is 13.3 Å². The lowest BCUT2D eigenvalue weighted by molar-refractivity contribution is 0.0450. The van der Waals surface area contributed by atoms with Gasteiger partial charge in [0.25, 0.3) is 0 Å². The minimum absolute atomic E-state index is 0.235. The van der Waals surface area contributed by atoms with Crippen LogP contribution in [0.3, 0.4) is 0 Å². The van der Waals surface area contributed by atoms with Gasteiger partial charge in [0.05, 0.1) is 60.5 Å². The standard InChI is InChI=1S/C23H23BrN4.C13H19BrN2.2C10H5FN2.C9H5BrFN.C8H18BNO.C7H6Br2.C6H5BrFN.C5H13BN2O.C3H8O3.CH3F/c1-16-13-27(14-17(2)28(16)15-18-5-8-20(24)9-6-18)22-10-7-19(12-25)23-21(22)4-3-11-26-23;1-10-7-15-8-11(2)16(10)9-12-3-5-13(14)6-4-12;2*11-9-4-3-7(6-12)10-8(9)2-1-5-13-10;10-7-3-4-8(11)6-2-1-5-12-9(6)7;1-7-4-8(2)6-10(5-7)9(3)11;8-5-6-1-3-7(9)4-2-6;7-5-2-1-4(8)3-6(5)9;1-6(9)8-4-2-7-3-5-8;4-1-3(6)2-5;1-2/h3-11,16-17H,13-15H2,1-2H3;3-6,10-11,15H,7-9H2,1-2H3;2*1-5H;1-5H;7-8,11H,4-6H2,1-3H3;1-4H,5H2;1-3H,9H2;7,9H,2-5H2,1H3;3-6H,1-2H2;1H3/t16-,17+;10-,11+;;;;7-,8+;;;;;/i;;;;;;;;;;1D. The van der Waals surface area contributed by atoms with Crippen LogP contribution in [0.2, 0.25) is 13.6 Å². The maximum absolute atomic E-state index is 13.2. The third-order valence-corrected chi connectivity index (χ3v) is 24.4. The van der Waals surface area contributed by atoms with Crippen LogP contribution >= 0.6 is 95.6 Å². The first-order chi connectivity index (χ1) is 61.8. The quantitative estimate of drug-likeness (QED) is 0.0273. The molecule has 0 aliphatic carbocycles. The zero-order valence-corrected chi connectivity index (χ0v) is 82.3. The number of fused-ring (bicyclic) bond motifs is 4. The Morgan fingerprint density at radius 1 is 0.492 bits per heavy atom. The van der Waals surface area contributed by atoms with Crippen LogP contribution in [0.4, 0.5) is 33.3 Å². The van der Waals surface area contributed by atoms with Crippen molar-refractivity contribution in [1.82, 2.24) is 50.0 Å². The second-order valence-electron chi connectivity index (χ2n) is 30.7. The smallest absolute Gasteiger partial charge is 0.376 e. The summed E-state index contributed by atoms with van der Waals surface area (Å²) in [6.45, 7) is 28.8. The number of pyridine rings is 4. The average Bonchev–Trinajstić information content (AvgIpc) is 0.771. The van der Waals surface area contributed by atoms with Crippen molar-refractivity contribution in [3.05, 3.63) is 292 Å². The SMILES string of the molecule is BrCc1ccc(Br)cc1.CB(O)N1CCNCC1.CB(O)N1C[C@H](C)C[C@H](C)C1.C[C@@H]1CN(c2ccc(C#N)c3ncccc23)C[C@H](C)N1Cc1ccc(Br)cc1.C[C@@H]1CNC[C@H](C)N1Cc1ccc(Br)cc1.Fc1ccc(Br)c2ncccc12.N#Cc1ccc(F)c2cccnc12.N#Cc1ccc(F)c2cccnc12.Nc1cc(F)ccc1Br.OCC(O)CO.[2H]CF. The van der Waals surface area contributed by atoms with Gasteiger partial charge < -0.3 is 56.3 Å². The van der Waals surface area contributed by atoms with Crippen molar-refractivity contribution in [3.8, 4) is 18.2 Å². The summed E-state index contributed by atoms with van der Waals surface area (Å²) < 4.78 is 72.1. The Morgan fingerprint density at radius 3 is 1.23 bits per heavy atom. The Morgan fingerprint density at radius 2 is 0.859 bits per heavy atom. The van der Waals surface area contributed by atoms with Crippen LogP contribution in [-0.2, 0) is 18.4 Å². The van der Waals surface area contributed by atoms with Crippen molar-refractivity contribution in [2.45, 2.75) is 110 Å². The number of halogens is 11. The summed E-state index contributed by atoms with van der Waals surface area (Å²) in [5.74, 6) is 0.253. The van der Waals surface area contributed by atoms with Crippen molar-refractivity contribution < 1.29 is 48.7 Å². The number of aromatic nitrogens is 4. The monoisotopic (exact) mass is 2130 g/mol. The number of nitrogens with one attached hydrogen (secondary N) is 2. The van der Waals surface area contributed by atoms with Crippen LogP contribution in [0.5, 0.6) is 0 Å². The molecule has 4 saturated heterocycles. The fourth-order valence-electron chi connectivity index (χ4n) is 14.2. The molecule has 20 nitrogen and oxygen atoms in total. The summed E-state index contributed by atoms with van der Waals surface area (Å²) in [6.07, 6.45) is 6.85. The highest BCUT2D eigenvalue weighted by molar-refractivity contribution is 9.11. The van der Waals surface area contributed by atoms with Gasteiger partial charge in [0, 0.05) is 175 Å². The van der Waals surface area contributed by atoms with Crippen LogP contribution in [-0.4, -0.2) is 195 Å². The topological polar surface area (TPSA) is 290 Å². The third kappa shape index (κ3) is 35.4. The molecule has 8 aromatic carbocycles. The summed E-state index contributed by atoms with van der Waals surface area (Å²) in [5.41, 5.74) is 14.7. The summed E-state index contributed by atoms with van der Waals surface area (Å²) >= 11 is 20.1. The first kappa shape index (κ1) is 107. The summed E-state index contributed by atoms with van der Waals surface area (Å²) in [5, 5.41) is 79.3. The van der Waals surface area contributed by atoms with Gasteiger partial charge in [-0.3, -0.25) is 34.1 Å². The van der Waals surface area contributed by atoms with E-state index in [4.69, 9.17) is 38.0 Å². The number of nitrogen functional groups attached to an aromatic ring is 1. The van der Waals surface area contributed by atoms with Gasteiger partial charge in [0.15, 0.2) is 0 Å². The fraction of sp³-hybridized carbons (Fsp3) is 0.337. The largest absolute Gasteiger partial charge is 0.437 e. The number of anilines is 2. The van der Waals surface area contributed by atoms with Gasteiger partial charge in [-0.2, -0.15) is 15.8 Å². The molecule has 4 fully saturated rings. The Bertz CT molecular complexity index is 5340. The number of rotatable bonds is 10. The van der Waals surface area contributed by atoms with Crippen molar-refractivity contribution >= 4 is 165 Å². The normalized spacial score (nSPS) is 17.2. The van der Waals surface area contributed by atoms with Crippen molar-refractivity contribution in [1.29, 1.82) is 15.8 Å². The molecular formula is C95H110B2Br6F5N15O5. The Hall–Kier alpha value is -8.31. The molecule has 6 atom stereocenters. The van der Waals surface area contributed by atoms with Gasteiger partial charge in [0.2, 0.25) is 0 Å². The Labute approximate surface area is 801 Å². The maximum atomic E-state index is 13.2. The first-order valence-electron chi connectivity index (χ1n) is 42.1. The number of benzene rings is 8. The molecule has 12 aromatic rings. The molecule has 9 N–H and O–H groups in total. The van der Waals surface area contributed by atoms with Gasteiger partial charge in [-0.05, 0) is 273 Å². The van der Waals surface area contributed by atoms with Crippen molar-refractivity contribution in [2.24, 2.45) is 11.8 Å². The molecule has 0 spiro atoms. The number of piperidine rings is 1. The second-order valence-corrected chi connectivity index (χ2v) is 35.8. The van der Waals surface area contributed by atoms with E-state index in [1.54, 1.807) is 73.3 Å². The number of hydrogen-bond donors (Lipinski definition) is 8. The maximum Gasteiger partial charge on any atom is 0.376 e. The van der Waals surface area contributed by atoms with Crippen molar-refractivity contribution in [2.75, 3.05) is 96.4 Å². The number of nitrogens with zero attached hydrogens (tertiary/aromatic N) is 12. The number of nitrogens with two attached hydrogens (primary N) is 1. The van der Waals surface area contributed by atoms with Crippen LogP contribution in [0.25, 0.3) is 43.6 Å². The molecule has 4 aliphatic rings. The molecule has 0 amide bonds. The lowest BCUT2D eigenvalue weighted by atomic mass is 9.78. The van der Waals surface area contributed by atoms with E-state index in [0.29, 0.717) is 79.3 Å². The molecule has 0 bridgehead atoms. The molecule has 128 heavy (non-hydrogen) atoms. The van der Waals surface area contributed by atoms with E-state index in [-0.39, 0.29) is 50.6 Å². The van der Waals surface area contributed by atoms with Gasteiger partial charge in [-0.15, -0.1) is 0 Å². The van der Waals surface area contributed by atoms with Gasteiger partial charge >= 0.3 is 14.1 Å². The van der Waals surface area contributed by atoms with Crippen LogP contribution in [0.1, 0.15) is 82.7 Å². The Kier molecular flexibility index (Phi) is 48.2. The third-order valence-electron chi connectivity index (χ3n) is 20.8. The molecule has 678 valence electrons. The highest BCUT2D eigenvalue weighted by Crippen LogP contribution is 2.33. The molecule has 0 unspecified atom stereocenters. The van der Waals surface area contributed by atoms with E-state index in [2.05, 4.69) is 271 Å². The number of aliphatic hydroxyl groups excluding tert-OH is 3. The highest BCUT2D eigenvalue weighted by Gasteiger charge is 2.32. The predicted molar refractivity (Wildman–Crippen MR) is 530 cm³/mol. The molecule has 4 aliphatic heterocycles. The minimum Gasteiger partial charge on any atom is -0.437 e. The molecule has 0 saturated carbocycles. The zero-order chi connectivity index (χ0) is 94.7. The fourth-order valence-corrected chi connectivity index (χ4v) is 16.1. The molecule has 16 rings (SSSR count). The summed E-state index contributed by atoms with van der Waals surface area (Å²) in [6, 6.07) is 64.4. The lowest BCUT2D eigenvalue weighted by Crippen LogP contribution is -2.56. The van der Waals surface area contributed by atoms with Gasteiger partial charge in [0.1, 0.15) is 47.6 Å². The van der Waals surface area contributed by atoms with E-state index in [1.165, 1.54) is 71.3 Å². The van der Waals surface area contributed by atoms with Crippen LogP contribution < -0.4 is 21.3 Å².